The molecule has 0 aliphatic carbocycles. The van der Waals surface area contributed by atoms with Crippen molar-refractivity contribution >= 4 is 5.97 Å². The van der Waals surface area contributed by atoms with Gasteiger partial charge in [0.2, 0.25) is 0 Å². The standard InChI is InChI=1S/C22H22FNO3.Li/c1-14(20(25)18(13-24)21(26)27-22(2,3)4)16-10-11-17(19(23)12-16)15-8-6-5-7-9-15;/h5-12,14,25H,1-4H3;/q;+1/p-1/t14-;/m0./s1. The van der Waals surface area contributed by atoms with Crippen LogP contribution in [0.3, 0.4) is 0 Å². The molecule has 28 heavy (non-hydrogen) atoms. The molecule has 0 saturated carbocycles. The Hall–Kier alpha value is -2.53. The number of nitriles is 1. The molecule has 0 aliphatic rings. The van der Waals surface area contributed by atoms with E-state index < -0.39 is 34.6 Å². The average molecular weight is 373 g/mol. The third-order valence-electron chi connectivity index (χ3n) is 3.93. The van der Waals surface area contributed by atoms with Gasteiger partial charge < -0.3 is 9.84 Å². The molecule has 2 aromatic carbocycles. The van der Waals surface area contributed by atoms with E-state index in [9.17, 15) is 19.6 Å². The van der Waals surface area contributed by atoms with Crippen LogP contribution in [0.25, 0.3) is 11.1 Å². The van der Waals surface area contributed by atoms with E-state index in [-0.39, 0.29) is 18.9 Å². The summed E-state index contributed by atoms with van der Waals surface area (Å²) in [5.74, 6) is -3.00. The van der Waals surface area contributed by atoms with Crippen LogP contribution in [0.1, 0.15) is 39.2 Å². The molecule has 0 spiro atoms. The van der Waals surface area contributed by atoms with Gasteiger partial charge in [0.05, 0.1) is 0 Å². The Morgan fingerprint density at radius 3 is 2.29 bits per heavy atom. The second kappa shape index (κ2) is 9.60. The van der Waals surface area contributed by atoms with E-state index in [0.717, 1.165) is 5.56 Å². The second-order valence-electron chi connectivity index (χ2n) is 7.18. The van der Waals surface area contributed by atoms with Gasteiger partial charge in [0, 0.05) is 5.56 Å². The SMILES string of the molecule is C[C@H](C([O-])=C(C#N)C(=O)OC(C)(C)C)c1ccc(-c2ccccc2)c(F)c1.[Li+]. The zero-order chi connectivity index (χ0) is 20.2. The average Bonchev–Trinajstić information content (AvgIpc) is 2.60. The number of carbonyl (C=O) groups excluding carboxylic acids is 1. The van der Waals surface area contributed by atoms with Gasteiger partial charge in [-0.05, 0) is 43.9 Å². The van der Waals surface area contributed by atoms with E-state index in [1.807, 2.05) is 18.2 Å². The van der Waals surface area contributed by atoms with Crippen LogP contribution in [0, 0.1) is 17.1 Å². The summed E-state index contributed by atoms with van der Waals surface area (Å²) in [6.07, 6.45) is 0. The van der Waals surface area contributed by atoms with Crippen molar-refractivity contribution in [2.45, 2.75) is 39.2 Å². The van der Waals surface area contributed by atoms with Gasteiger partial charge in [-0.2, -0.15) is 5.26 Å². The second-order valence-corrected chi connectivity index (χ2v) is 7.18. The Balaban J connectivity index is 0.00000392. The summed E-state index contributed by atoms with van der Waals surface area (Å²) in [6, 6.07) is 15.1. The minimum atomic E-state index is -0.969. The van der Waals surface area contributed by atoms with Gasteiger partial charge in [-0.1, -0.05) is 55.1 Å². The van der Waals surface area contributed by atoms with Crippen LogP contribution < -0.4 is 24.0 Å². The number of ether oxygens (including phenoxy) is 1. The molecule has 4 nitrogen and oxygen atoms in total. The molecule has 140 valence electrons. The molecule has 0 heterocycles. The van der Waals surface area contributed by atoms with Crippen LogP contribution in [-0.4, -0.2) is 11.6 Å². The zero-order valence-corrected chi connectivity index (χ0v) is 16.7. The normalized spacial score (nSPS) is 12.9. The largest absolute Gasteiger partial charge is 1.00 e. The minimum absolute atomic E-state index is 0. The van der Waals surface area contributed by atoms with E-state index in [0.29, 0.717) is 11.1 Å². The number of nitrogens with zero attached hydrogens (tertiary/aromatic N) is 1. The van der Waals surface area contributed by atoms with Crippen LogP contribution in [0.2, 0.25) is 0 Å². The summed E-state index contributed by atoms with van der Waals surface area (Å²) in [5, 5.41) is 21.8. The van der Waals surface area contributed by atoms with E-state index >= 15 is 0 Å². The van der Waals surface area contributed by atoms with Gasteiger partial charge >= 0.3 is 24.8 Å². The monoisotopic (exact) mass is 373 g/mol. The van der Waals surface area contributed by atoms with Gasteiger partial charge in [0.1, 0.15) is 23.1 Å². The molecule has 0 saturated heterocycles. The fourth-order valence-electron chi connectivity index (χ4n) is 2.55. The van der Waals surface area contributed by atoms with E-state index in [1.54, 1.807) is 51.1 Å². The molecule has 2 rings (SSSR count). The zero-order valence-electron chi connectivity index (χ0n) is 16.7. The Labute approximate surface area is 176 Å². The van der Waals surface area contributed by atoms with Crippen molar-refractivity contribution in [1.29, 1.82) is 5.26 Å². The summed E-state index contributed by atoms with van der Waals surface area (Å²) < 4.78 is 19.7. The summed E-state index contributed by atoms with van der Waals surface area (Å²) in [5.41, 5.74) is 0.0965. The van der Waals surface area contributed by atoms with Crippen molar-refractivity contribution in [1.82, 2.24) is 0 Å². The van der Waals surface area contributed by atoms with Crippen molar-refractivity contribution < 1.29 is 37.9 Å². The maximum atomic E-state index is 14.5. The Morgan fingerprint density at radius 2 is 1.79 bits per heavy atom. The van der Waals surface area contributed by atoms with Crippen LogP contribution in [0.15, 0.2) is 59.9 Å². The van der Waals surface area contributed by atoms with Gasteiger partial charge in [0.25, 0.3) is 0 Å². The number of benzene rings is 2. The smallest absolute Gasteiger partial charge is 0.874 e. The van der Waals surface area contributed by atoms with E-state index in [2.05, 4.69) is 0 Å². The number of esters is 1. The number of rotatable bonds is 4. The molecule has 0 amide bonds. The van der Waals surface area contributed by atoms with Crippen molar-refractivity contribution in [2.75, 3.05) is 0 Å². The van der Waals surface area contributed by atoms with E-state index in [1.165, 1.54) is 13.0 Å². The van der Waals surface area contributed by atoms with Gasteiger partial charge in [-0.25, -0.2) is 9.18 Å². The number of hydrogen-bond acceptors (Lipinski definition) is 4. The fraction of sp³-hybridized carbons (Fsp3) is 0.273. The molecular formula is C22H21FLiNO3. The van der Waals surface area contributed by atoms with Crippen molar-refractivity contribution in [3.05, 3.63) is 71.2 Å². The molecular weight excluding hydrogens is 352 g/mol. The van der Waals surface area contributed by atoms with E-state index in [4.69, 9.17) is 4.74 Å². The molecule has 6 heteroatoms. The quantitative estimate of drug-likeness (QED) is 0.264. The minimum Gasteiger partial charge on any atom is -0.874 e. The third-order valence-corrected chi connectivity index (χ3v) is 3.93. The predicted molar refractivity (Wildman–Crippen MR) is 98.7 cm³/mol. The van der Waals surface area contributed by atoms with Gasteiger partial charge in [-0.15, -0.1) is 0 Å². The van der Waals surface area contributed by atoms with Crippen molar-refractivity contribution in [3.8, 4) is 17.2 Å². The first-order valence-corrected chi connectivity index (χ1v) is 8.53. The first-order chi connectivity index (χ1) is 12.6. The Bertz CT molecular complexity index is 912. The molecule has 1 atom stereocenters. The first kappa shape index (κ1) is 23.5. The molecule has 0 bridgehead atoms. The predicted octanol–water partition coefficient (Wildman–Crippen LogP) is 1.08. The van der Waals surface area contributed by atoms with Crippen molar-refractivity contribution in [2.24, 2.45) is 0 Å². The Kier molecular flexibility index (Phi) is 8.06. The molecule has 0 aliphatic heterocycles. The van der Waals surface area contributed by atoms with Crippen LogP contribution in [0.4, 0.5) is 4.39 Å². The molecule has 0 unspecified atom stereocenters. The summed E-state index contributed by atoms with van der Waals surface area (Å²) in [4.78, 5) is 12.1. The van der Waals surface area contributed by atoms with Crippen LogP contribution >= 0.6 is 0 Å². The molecule has 0 radical (unpaired) electrons. The number of allylic oxidation sites excluding steroid dienone is 1. The number of hydrogen-bond donors (Lipinski definition) is 0. The topological polar surface area (TPSA) is 73.1 Å². The van der Waals surface area contributed by atoms with Crippen LogP contribution in [0.5, 0.6) is 0 Å². The van der Waals surface area contributed by atoms with Crippen molar-refractivity contribution in [3.63, 3.8) is 0 Å². The third kappa shape index (κ3) is 5.73. The molecule has 0 N–H and O–H groups in total. The molecule has 2 aromatic rings. The van der Waals surface area contributed by atoms with Crippen LogP contribution in [-0.2, 0) is 9.53 Å². The Morgan fingerprint density at radius 1 is 1.18 bits per heavy atom. The first-order valence-electron chi connectivity index (χ1n) is 8.53. The summed E-state index contributed by atoms with van der Waals surface area (Å²) >= 11 is 0. The number of carbonyl (C=O) groups is 1. The van der Waals surface area contributed by atoms with Gasteiger partial charge in [-0.3, -0.25) is 0 Å². The summed E-state index contributed by atoms with van der Waals surface area (Å²) in [7, 11) is 0. The maximum absolute atomic E-state index is 14.5. The molecule has 0 aromatic heterocycles. The molecule has 0 fully saturated rings. The fourth-order valence-corrected chi connectivity index (χ4v) is 2.55. The number of halogens is 1. The maximum Gasteiger partial charge on any atom is 1.00 e. The summed E-state index contributed by atoms with van der Waals surface area (Å²) in [6.45, 7) is 6.46. The van der Waals surface area contributed by atoms with Gasteiger partial charge in [0.15, 0.2) is 0 Å².